The van der Waals surface area contributed by atoms with Gasteiger partial charge in [-0.15, -0.1) is 0 Å². The molecule has 0 bridgehead atoms. The predicted octanol–water partition coefficient (Wildman–Crippen LogP) is 1.99. The van der Waals surface area contributed by atoms with E-state index in [1.54, 1.807) is 19.2 Å². The number of benzene rings is 1. The van der Waals surface area contributed by atoms with Crippen LogP contribution in [0.4, 0.5) is 0 Å². The first-order valence-electron chi connectivity index (χ1n) is 6.27. The van der Waals surface area contributed by atoms with Crippen LogP contribution in [0.25, 0.3) is 0 Å². The molecule has 2 atom stereocenters. The van der Waals surface area contributed by atoms with Crippen molar-refractivity contribution >= 4 is 5.91 Å². The van der Waals surface area contributed by atoms with Gasteiger partial charge in [-0.05, 0) is 38.0 Å². The SMILES string of the molecule is COc1cccc(C(=O)N[C@@H](C)[C@H]2CCCO2)c1. The van der Waals surface area contributed by atoms with Crippen LogP contribution in [0, 0.1) is 0 Å². The minimum absolute atomic E-state index is 0.0335. The molecule has 1 fully saturated rings. The molecule has 98 valence electrons. The van der Waals surface area contributed by atoms with Crippen molar-refractivity contribution in [1.82, 2.24) is 5.32 Å². The molecule has 18 heavy (non-hydrogen) atoms. The zero-order chi connectivity index (χ0) is 13.0. The average molecular weight is 249 g/mol. The van der Waals surface area contributed by atoms with Crippen molar-refractivity contribution in [2.75, 3.05) is 13.7 Å². The highest BCUT2D eigenvalue weighted by atomic mass is 16.5. The van der Waals surface area contributed by atoms with E-state index in [0.29, 0.717) is 11.3 Å². The number of carbonyl (C=O) groups excluding carboxylic acids is 1. The lowest BCUT2D eigenvalue weighted by Gasteiger charge is -2.20. The first-order valence-corrected chi connectivity index (χ1v) is 6.27. The molecule has 1 aliphatic heterocycles. The minimum atomic E-state index is -0.0862. The van der Waals surface area contributed by atoms with Crippen LogP contribution in [-0.2, 0) is 4.74 Å². The standard InChI is InChI=1S/C14H19NO3/c1-10(13-7-4-8-18-13)15-14(16)11-5-3-6-12(9-11)17-2/h3,5-6,9-10,13H,4,7-8H2,1-2H3,(H,15,16)/t10-,13+/m0/s1. The van der Waals surface area contributed by atoms with Gasteiger partial charge in [-0.1, -0.05) is 6.07 Å². The van der Waals surface area contributed by atoms with E-state index in [2.05, 4.69) is 5.32 Å². The summed E-state index contributed by atoms with van der Waals surface area (Å²) in [6.07, 6.45) is 2.23. The van der Waals surface area contributed by atoms with Crippen molar-refractivity contribution < 1.29 is 14.3 Å². The summed E-state index contributed by atoms with van der Waals surface area (Å²) >= 11 is 0. The summed E-state index contributed by atoms with van der Waals surface area (Å²) in [5.41, 5.74) is 0.610. The molecule has 1 heterocycles. The Hall–Kier alpha value is -1.55. The lowest BCUT2D eigenvalue weighted by Crippen LogP contribution is -2.40. The number of nitrogens with one attached hydrogen (secondary N) is 1. The maximum absolute atomic E-state index is 12.1. The number of carbonyl (C=O) groups is 1. The fourth-order valence-corrected chi connectivity index (χ4v) is 2.14. The highest BCUT2D eigenvalue weighted by Crippen LogP contribution is 2.17. The van der Waals surface area contributed by atoms with Gasteiger partial charge in [-0.3, -0.25) is 4.79 Å². The summed E-state index contributed by atoms with van der Waals surface area (Å²) in [4.78, 5) is 12.1. The normalized spacial score (nSPS) is 20.4. The van der Waals surface area contributed by atoms with Crippen LogP contribution in [-0.4, -0.2) is 31.8 Å². The number of rotatable bonds is 4. The maximum Gasteiger partial charge on any atom is 0.251 e. The van der Waals surface area contributed by atoms with Crippen LogP contribution in [0.2, 0.25) is 0 Å². The van der Waals surface area contributed by atoms with Crippen LogP contribution in [0.1, 0.15) is 30.1 Å². The second kappa shape index (κ2) is 5.87. The summed E-state index contributed by atoms with van der Waals surface area (Å²) < 4.78 is 10.7. The molecule has 0 aliphatic carbocycles. The third-order valence-electron chi connectivity index (χ3n) is 3.21. The van der Waals surface area contributed by atoms with Crippen LogP contribution in [0.3, 0.4) is 0 Å². The van der Waals surface area contributed by atoms with Crippen LogP contribution in [0.5, 0.6) is 5.75 Å². The molecule has 0 spiro atoms. The molecule has 0 aromatic heterocycles. The first-order chi connectivity index (χ1) is 8.70. The minimum Gasteiger partial charge on any atom is -0.497 e. The van der Waals surface area contributed by atoms with E-state index in [4.69, 9.17) is 9.47 Å². The van der Waals surface area contributed by atoms with E-state index in [1.807, 2.05) is 19.1 Å². The Morgan fingerprint density at radius 3 is 3.06 bits per heavy atom. The lowest BCUT2D eigenvalue weighted by molar-refractivity contribution is 0.0712. The fraction of sp³-hybridized carbons (Fsp3) is 0.500. The topological polar surface area (TPSA) is 47.6 Å². The Labute approximate surface area is 107 Å². The summed E-state index contributed by atoms with van der Waals surface area (Å²) in [5, 5.41) is 2.97. The molecule has 0 saturated carbocycles. The Morgan fingerprint density at radius 2 is 2.39 bits per heavy atom. The lowest BCUT2D eigenvalue weighted by atomic mass is 10.1. The molecule has 1 aromatic rings. The zero-order valence-electron chi connectivity index (χ0n) is 10.8. The van der Waals surface area contributed by atoms with E-state index < -0.39 is 0 Å². The number of amides is 1. The smallest absolute Gasteiger partial charge is 0.251 e. The number of methoxy groups -OCH3 is 1. The Bertz CT molecular complexity index is 413. The summed E-state index contributed by atoms with van der Waals surface area (Å²) in [6.45, 7) is 2.78. The predicted molar refractivity (Wildman–Crippen MR) is 68.9 cm³/mol. The monoisotopic (exact) mass is 249 g/mol. The zero-order valence-corrected chi connectivity index (χ0v) is 10.8. The van der Waals surface area contributed by atoms with E-state index in [9.17, 15) is 4.79 Å². The first kappa shape index (κ1) is 12.9. The van der Waals surface area contributed by atoms with Gasteiger partial charge in [0.25, 0.3) is 5.91 Å². The molecule has 0 radical (unpaired) electrons. The van der Waals surface area contributed by atoms with E-state index in [0.717, 1.165) is 19.4 Å². The molecule has 1 aliphatic rings. The second-order valence-corrected chi connectivity index (χ2v) is 4.55. The number of hydrogen-bond donors (Lipinski definition) is 1. The molecule has 1 amide bonds. The van der Waals surface area contributed by atoms with Crippen LogP contribution < -0.4 is 10.1 Å². The molecule has 1 aromatic carbocycles. The summed E-state index contributed by atoms with van der Waals surface area (Å²) in [7, 11) is 1.59. The van der Waals surface area contributed by atoms with Gasteiger partial charge in [0.2, 0.25) is 0 Å². The van der Waals surface area contributed by atoms with Crippen molar-refractivity contribution in [1.29, 1.82) is 0 Å². The Morgan fingerprint density at radius 1 is 1.56 bits per heavy atom. The van der Waals surface area contributed by atoms with Crippen molar-refractivity contribution in [2.24, 2.45) is 0 Å². The summed E-state index contributed by atoms with van der Waals surface area (Å²) in [6, 6.07) is 7.17. The van der Waals surface area contributed by atoms with Crippen molar-refractivity contribution in [2.45, 2.75) is 31.9 Å². The van der Waals surface area contributed by atoms with Crippen molar-refractivity contribution in [3.05, 3.63) is 29.8 Å². The van der Waals surface area contributed by atoms with Gasteiger partial charge in [-0.25, -0.2) is 0 Å². The largest absolute Gasteiger partial charge is 0.497 e. The molecule has 1 saturated heterocycles. The van der Waals surface area contributed by atoms with E-state index in [1.165, 1.54) is 0 Å². The van der Waals surface area contributed by atoms with Crippen LogP contribution in [0.15, 0.2) is 24.3 Å². The highest BCUT2D eigenvalue weighted by Gasteiger charge is 2.23. The van der Waals surface area contributed by atoms with Gasteiger partial charge < -0.3 is 14.8 Å². The van der Waals surface area contributed by atoms with Crippen molar-refractivity contribution in [3.8, 4) is 5.75 Å². The molecule has 4 nitrogen and oxygen atoms in total. The third kappa shape index (κ3) is 3.01. The van der Waals surface area contributed by atoms with Gasteiger partial charge >= 0.3 is 0 Å². The Kier molecular flexibility index (Phi) is 4.20. The molecule has 4 heteroatoms. The Balaban J connectivity index is 1.97. The van der Waals surface area contributed by atoms with Gasteiger partial charge in [-0.2, -0.15) is 0 Å². The quantitative estimate of drug-likeness (QED) is 0.887. The average Bonchev–Trinajstić information content (AvgIpc) is 2.92. The molecule has 1 N–H and O–H groups in total. The maximum atomic E-state index is 12.1. The van der Waals surface area contributed by atoms with E-state index in [-0.39, 0.29) is 18.1 Å². The fourth-order valence-electron chi connectivity index (χ4n) is 2.14. The second-order valence-electron chi connectivity index (χ2n) is 4.55. The highest BCUT2D eigenvalue weighted by molar-refractivity contribution is 5.94. The van der Waals surface area contributed by atoms with Gasteiger partial charge in [0, 0.05) is 12.2 Å². The third-order valence-corrected chi connectivity index (χ3v) is 3.21. The molecular formula is C14H19NO3. The number of hydrogen-bond acceptors (Lipinski definition) is 3. The summed E-state index contributed by atoms with van der Waals surface area (Å²) in [5.74, 6) is 0.601. The van der Waals surface area contributed by atoms with Crippen molar-refractivity contribution in [3.63, 3.8) is 0 Å². The van der Waals surface area contributed by atoms with E-state index >= 15 is 0 Å². The van der Waals surface area contributed by atoms with Gasteiger partial charge in [0.1, 0.15) is 5.75 Å². The molecule has 0 unspecified atom stereocenters. The van der Waals surface area contributed by atoms with Crippen LogP contribution >= 0.6 is 0 Å². The molecule has 2 rings (SSSR count). The van der Waals surface area contributed by atoms with Gasteiger partial charge in [0.05, 0.1) is 19.3 Å². The number of ether oxygens (including phenoxy) is 2. The molecular weight excluding hydrogens is 230 g/mol. The van der Waals surface area contributed by atoms with Gasteiger partial charge in [0.15, 0.2) is 0 Å².